The van der Waals surface area contributed by atoms with Crippen LogP contribution in [0.15, 0.2) is 101 Å². The topological polar surface area (TPSA) is 96.3 Å². The minimum absolute atomic E-state index is 0.0502. The molecular weight excluding hydrogens is 563 g/mol. The zero-order valence-electron chi connectivity index (χ0n) is 17.6. The number of hydrogen-bond donors (Lipinski definition) is 1. The number of benzene rings is 4. The summed E-state index contributed by atoms with van der Waals surface area (Å²) < 4.78 is 31.6. The first-order chi connectivity index (χ1) is 16.3. The summed E-state index contributed by atoms with van der Waals surface area (Å²) in [5.74, 6) is -0.421. The molecule has 0 unspecified atom stereocenters. The summed E-state index contributed by atoms with van der Waals surface area (Å²) in [4.78, 5) is 12.5. The monoisotopic (exact) mass is 580 g/mol. The molecule has 0 fully saturated rings. The molecule has 34 heavy (non-hydrogen) atoms. The lowest BCUT2D eigenvalue weighted by atomic mass is 10.1. The van der Waals surface area contributed by atoms with Crippen molar-refractivity contribution in [2.45, 2.75) is 4.90 Å². The van der Waals surface area contributed by atoms with Crippen LogP contribution in [-0.4, -0.2) is 14.3 Å². The number of nitrogens with zero attached hydrogens (tertiary/aromatic N) is 1. The van der Waals surface area contributed by atoms with Crippen LogP contribution in [0.1, 0.15) is 5.56 Å². The number of carbonyl (C=O) groups is 1. The number of carbonyl (C=O) groups excluding carboxylic acids is 1. The van der Waals surface area contributed by atoms with Crippen LogP contribution in [0.3, 0.4) is 0 Å². The van der Waals surface area contributed by atoms with E-state index >= 15 is 0 Å². The minimum atomic E-state index is -4.03. The van der Waals surface area contributed by atoms with Gasteiger partial charge in [-0.25, -0.2) is 0 Å². The van der Waals surface area contributed by atoms with Gasteiger partial charge in [0.25, 0.3) is 5.91 Å². The van der Waals surface area contributed by atoms with Crippen LogP contribution in [0.25, 0.3) is 16.8 Å². The smallest absolute Gasteiger partial charge is 0.339 e. The first-order valence-electron chi connectivity index (χ1n) is 10.1. The van der Waals surface area contributed by atoms with E-state index in [0.717, 1.165) is 14.3 Å². The number of halogens is 1. The molecule has 0 radical (unpaired) electrons. The lowest BCUT2D eigenvalue weighted by Crippen LogP contribution is -2.13. The zero-order chi connectivity index (χ0) is 24.1. The van der Waals surface area contributed by atoms with Crippen LogP contribution in [0, 0.1) is 14.9 Å². The van der Waals surface area contributed by atoms with E-state index in [0.29, 0.717) is 11.3 Å². The molecule has 4 aromatic rings. The molecule has 4 rings (SSSR count). The summed E-state index contributed by atoms with van der Waals surface area (Å²) in [5, 5.41) is 13.8. The third kappa shape index (κ3) is 5.62. The molecule has 0 aliphatic rings. The van der Waals surface area contributed by atoms with E-state index in [1.165, 1.54) is 24.3 Å². The van der Waals surface area contributed by atoms with Gasteiger partial charge in [0.05, 0.1) is 0 Å². The summed E-state index contributed by atoms with van der Waals surface area (Å²) in [7, 11) is -4.03. The third-order valence-corrected chi connectivity index (χ3v) is 6.77. The van der Waals surface area contributed by atoms with Gasteiger partial charge in [-0.05, 0) is 87.5 Å². The van der Waals surface area contributed by atoms with Crippen molar-refractivity contribution < 1.29 is 17.4 Å². The van der Waals surface area contributed by atoms with Gasteiger partial charge in [0.15, 0.2) is 0 Å². The van der Waals surface area contributed by atoms with Crippen molar-refractivity contribution in [1.82, 2.24) is 0 Å². The molecule has 0 heterocycles. The molecule has 168 valence electrons. The van der Waals surface area contributed by atoms with E-state index in [1.807, 2.05) is 36.4 Å². The Hall–Kier alpha value is -3.68. The Balaban J connectivity index is 1.49. The standard InChI is InChI=1S/C26H17IN2O4S/c27-22-6-3-7-23(16-22)29-26(30)21(17-28)14-18-8-11-24(12-9-18)33-34(31,32)25-13-10-19-4-1-2-5-20(19)15-25/h1-16H,(H,29,30). The Labute approximate surface area is 210 Å². The van der Waals surface area contributed by atoms with Crippen molar-refractivity contribution in [2.75, 3.05) is 5.32 Å². The molecule has 1 N–H and O–H groups in total. The van der Waals surface area contributed by atoms with Gasteiger partial charge in [-0.15, -0.1) is 0 Å². The van der Waals surface area contributed by atoms with Gasteiger partial charge in [-0.2, -0.15) is 13.7 Å². The van der Waals surface area contributed by atoms with Crippen LogP contribution in [-0.2, 0) is 14.9 Å². The van der Waals surface area contributed by atoms with Crippen molar-refractivity contribution >= 4 is 61.2 Å². The first-order valence-corrected chi connectivity index (χ1v) is 12.5. The summed E-state index contributed by atoms with van der Waals surface area (Å²) in [5.41, 5.74) is 1.04. The molecular formula is C26H17IN2O4S. The van der Waals surface area contributed by atoms with Gasteiger partial charge >= 0.3 is 10.1 Å². The van der Waals surface area contributed by atoms with E-state index < -0.39 is 16.0 Å². The Morgan fingerprint density at radius 2 is 1.65 bits per heavy atom. The summed E-state index contributed by atoms with van der Waals surface area (Å²) in [6, 6.07) is 27.4. The van der Waals surface area contributed by atoms with Crippen LogP contribution in [0.2, 0.25) is 0 Å². The van der Waals surface area contributed by atoms with E-state index in [1.54, 1.807) is 42.5 Å². The zero-order valence-corrected chi connectivity index (χ0v) is 20.6. The Bertz CT molecular complexity index is 1560. The molecule has 6 nitrogen and oxygen atoms in total. The number of hydrogen-bond acceptors (Lipinski definition) is 5. The van der Waals surface area contributed by atoms with Crippen molar-refractivity contribution in [3.05, 3.63) is 106 Å². The average Bonchev–Trinajstić information content (AvgIpc) is 2.83. The number of nitriles is 1. The number of nitrogens with one attached hydrogen (secondary N) is 1. The Morgan fingerprint density at radius 3 is 2.35 bits per heavy atom. The van der Waals surface area contributed by atoms with Crippen LogP contribution in [0.4, 0.5) is 5.69 Å². The second-order valence-electron chi connectivity index (χ2n) is 7.25. The van der Waals surface area contributed by atoms with E-state index in [-0.39, 0.29) is 16.2 Å². The highest BCUT2D eigenvalue weighted by Crippen LogP contribution is 2.23. The highest BCUT2D eigenvalue weighted by Gasteiger charge is 2.17. The van der Waals surface area contributed by atoms with E-state index in [2.05, 4.69) is 27.9 Å². The summed E-state index contributed by atoms with van der Waals surface area (Å²) in [6.45, 7) is 0. The van der Waals surface area contributed by atoms with Crippen molar-refractivity contribution in [2.24, 2.45) is 0 Å². The van der Waals surface area contributed by atoms with Crippen LogP contribution in [0.5, 0.6) is 5.75 Å². The van der Waals surface area contributed by atoms with Gasteiger partial charge in [-0.3, -0.25) is 4.79 Å². The van der Waals surface area contributed by atoms with Gasteiger partial charge in [0.2, 0.25) is 0 Å². The van der Waals surface area contributed by atoms with Crippen molar-refractivity contribution in [3.63, 3.8) is 0 Å². The fraction of sp³-hybridized carbons (Fsp3) is 0. The predicted molar refractivity (Wildman–Crippen MR) is 140 cm³/mol. The second kappa shape index (κ2) is 10.1. The first kappa shape index (κ1) is 23.5. The highest BCUT2D eigenvalue weighted by molar-refractivity contribution is 14.1. The largest absolute Gasteiger partial charge is 0.379 e. The quantitative estimate of drug-likeness (QED) is 0.136. The fourth-order valence-electron chi connectivity index (χ4n) is 3.20. The van der Waals surface area contributed by atoms with Crippen molar-refractivity contribution in [3.8, 4) is 11.8 Å². The molecule has 0 bridgehead atoms. The van der Waals surface area contributed by atoms with Gasteiger partial charge in [-0.1, -0.05) is 48.5 Å². The van der Waals surface area contributed by atoms with E-state index in [4.69, 9.17) is 4.18 Å². The Morgan fingerprint density at radius 1 is 0.912 bits per heavy atom. The maximum Gasteiger partial charge on any atom is 0.339 e. The fourth-order valence-corrected chi connectivity index (χ4v) is 4.71. The molecule has 0 aromatic heterocycles. The molecule has 1 amide bonds. The number of amides is 1. The highest BCUT2D eigenvalue weighted by atomic mass is 127. The van der Waals surface area contributed by atoms with Crippen LogP contribution < -0.4 is 9.50 Å². The van der Waals surface area contributed by atoms with Gasteiger partial charge < -0.3 is 9.50 Å². The molecule has 0 saturated heterocycles. The van der Waals surface area contributed by atoms with E-state index in [9.17, 15) is 18.5 Å². The SMILES string of the molecule is N#CC(=Cc1ccc(OS(=O)(=O)c2ccc3ccccc3c2)cc1)C(=O)Nc1cccc(I)c1. The molecule has 0 saturated carbocycles. The molecule has 0 aliphatic carbocycles. The summed E-state index contributed by atoms with van der Waals surface area (Å²) >= 11 is 2.13. The third-order valence-electron chi connectivity index (χ3n) is 4.85. The second-order valence-corrected chi connectivity index (χ2v) is 10.0. The van der Waals surface area contributed by atoms with Crippen LogP contribution >= 0.6 is 22.6 Å². The predicted octanol–water partition coefficient (Wildman–Crippen LogP) is 5.76. The maximum atomic E-state index is 12.7. The minimum Gasteiger partial charge on any atom is -0.379 e. The average molecular weight is 580 g/mol. The number of fused-ring (bicyclic) bond motifs is 1. The summed E-state index contributed by atoms with van der Waals surface area (Å²) in [6.07, 6.45) is 1.42. The molecule has 0 spiro atoms. The maximum absolute atomic E-state index is 12.7. The number of rotatable bonds is 6. The normalized spacial score (nSPS) is 11.6. The molecule has 0 aliphatic heterocycles. The lowest BCUT2D eigenvalue weighted by molar-refractivity contribution is -0.112. The molecule has 8 heteroatoms. The molecule has 4 aromatic carbocycles. The lowest BCUT2D eigenvalue weighted by Gasteiger charge is -2.08. The van der Waals surface area contributed by atoms with Crippen molar-refractivity contribution in [1.29, 1.82) is 5.26 Å². The van der Waals surface area contributed by atoms with Gasteiger partial charge in [0, 0.05) is 9.26 Å². The van der Waals surface area contributed by atoms with Gasteiger partial charge in [0.1, 0.15) is 22.3 Å². The Kier molecular flexibility index (Phi) is 6.95. The molecule has 0 atom stereocenters. The number of anilines is 1.